The summed E-state index contributed by atoms with van der Waals surface area (Å²) in [4.78, 5) is 0. The number of hydrogen-bond acceptors (Lipinski definition) is 4. The van der Waals surface area contributed by atoms with Gasteiger partial charge in [-0.15, -0.1) is 0 Å². The monoisotopic (exact) mass is 417 g/mol. The van der Waals surface area contributed by atoms with Crippen LogP contribution in [0.1, 0.15) is 22.3 Å². The number of phenols is 2. The zero-order chi connectivity index (χ0) is 20.9. The lowest BCUT2D eigenvalue weighted by Gasteiger charge is -2.30. The van der Waals surface area contributed by atoms with E-state index < -0.39 is 16.6 Å². The summed E-state index contributed by atoms with van der Waals surface area (Å²) in [7, 11) is -3.51. The van der Waals surface area contributed by atoms with Crippen molar-refractivity contribution in [3.63, 3.8) is 0 Å². The molecule has 2 aromatic rings. The van der Waals surface area contributed by atoms with E-state index in [0.717, 1.165) is 36.1 Å². The summed E-state index contributed by atoms with van der Waals surface area (Å²) in [6, 6.07) is 13.8. The van der Waals surface area contributed by atoms with Gasteiger partial charge in [0.05, 0.1) is 0 Å². The van der Waals surface area contributed by atoms with Crippen LogP contribution in [0.15, 0.2) is 36.4 Å². The molecule has 0 fully saturated rings. The second-order valence-electron chi connectivity index (χ2n) is 9.09. The van der Waals surface area contributed by atoms with Gasteiger partial charge < -0.3 is 14.7 Å². The molecule has 3 N–H and O–H groups in total. The molecule has 6 heteroatoms. The highest BCUT2D eigenvalue weighted by atomic mass is 28.4. The fourth-order valence-electron chi connectivity index (χ4n) is 3.03. The molecule has 0 aliphatic carbocycles. The molecule has 0 aliphatic rings. The minimum Gasteiger partial charge on any atom is -0.508 e. The molecule has 0 spiro atoms. The molecule has 0 aliphatic heterocycles. The Kier molecular flexibility index (Phi) is 7.50. The van der Waals surface area contributed by atoms with Crippen LogP contribution in [0.5, 0.6) is 11.5 Å². The molecule has 0 radical (unpaired) electrons. The number of hydrogen-bond donors (Lipinski definition) is 3. The third-order valence-electron chi connectivity index (χ3n) is 5.18. The van der Waals surface area contributed by atoms with E-state index in [1.54, 1.807) is 12.1 Å². The Morgan fingerprint density at radius 1 is 0.786 bits per heavy atom. The van der Waals surface area contributed by atoms with E-state index in [0.29, 0.717) is 11.5 Å². The Bertz CT molecular complexity index is 739. The average Bonchev–Trinajstić information content (AvgIpc) is 2.62. The van der Waals surface area contributed by atoms with Crippen LogP contribution in [0, 0.1) is 13.8 Å². The van der Waals surface area contributed by atoms with Gasteiger partial charge in [-0.05, 0) is 86.3 Å². The Morgan fingerprint density at radius 2 is 1.25 bits per heavy atom. The molecule has 2 rings (SSSR count). The van der Waals surface area contributed by atoms with Crippen molar-refractivity contribution in [1.82, 2.24) is 5.15 Å². The Balaban J connectivity index is 1.83. The van der Waals surface area contributed by atoms with Gasteiger partial charge in [-0.3, -0.25) is 0 Å². The van der Waals surface area contributed by atoms with Crippen molar-refractivity contribution in [2.24, 2.45) is 0 Å². The molecule has 0 unspecified atom stereocenters. The number of phenolic OH excluding ortho intramolecular Hbond substituents is 2. The zero-order valence-corrected chi connectivity index (χ0v) is 20.1. The topological polar surface area (TPSA) is 61.7 Å². The summed E-state index contributed by atoms with van der Waals surface area (Å²) < 4.78 is 6.26. The first-order chi connectivity index (χ1) is 13.0. The zero-order valence-electron chi connectivity index (χ0n) is 18.1. The smallest absolute Gasteiger partial charge is 0.213 e. The predicted octanol–water partition coefficient (Wildman–Crippen LogP) is 5.43. The molecule has 0 heterocycles. The molecular weight excluding hydrogens is 382 g/mol. The summed E-state index contributed by atoms with van der Waals surface area (Å²) in [5.41, 5.74) is 4.36. The van der Waals surface area contributed by atoms with E-state index in [2.05, 4.69) is 43.5 Å². The first-order valence-electron chi connectivity index (χ1n) is 10.00. The number of aromatic hydroxyl groups is 2. The van der Waals surface area contributed by atoms with Crippen molar-refractivity contribution < 1.29 is 14.7 Å². The molecule has 4 nitrogen and oxygen atoms in total. The van der Waals surface area contributed by atoms with E-state index in [1.807, 2.05) is 26.0 Å². The fourth-order valence-corrected chi connectivity index (χ4v) is 7.25. The van der Waals surface area contributed by atoms with Crippen molar-refractivity contribution in [2.75, 3.05) is 0 Å². The number of rotatable bonds is 9. The third kappa shape index (κ3) is 7.09. The maximum absolute atomic E-state index is 9.68. The molecule has 0 amide bonds. The van der Waals surface area contributed by atoms with E-state index in [1.165, 1.54) is 11.1 Å². The maximum atomic E-state index is 9.68. The van der Waals surface area contributed by atoms with E-state index >= 15 is 0 Å². The standard InChI is InChI=1S/C22H35NO3Si2/c1-17-15-19(7-9-21(17)24)11-13-27(3,4)23-26-28(5,6)14-12-20-8-10-22(25)18(2)16-20/h7-10,15-16,23-25H,11-14H2,1-6H3. The van der Waals surface area contributed by atoms with Crippen molar-refractivity contribution >= 4 is 16.6 Å². The molecule has 2 aromatic carbocycles. The quantitative estimate of drug-likeness (QED) is 0.376. The molecule has 0 bridgehead atoms. The van der Waals surface area contributed by atoms with Gasteiger partial charge in [-0.2, -0.15) is 0 Å². The van der Waals surface area contributed by atoms with E-state index in [4.69, 9.17) is 4.53 Å². The number of nitrogens with one attached hydrogen (secondary N) is 1. The van der Waals surface area contributed by atoms with Crippen molar-refractivity contribution in [1.29, 1.82) is 0 Å². The van der Waals surface area contributed by atoms with Gasteiger partial charge in [0, 0.05) is 0 Å². The first-order valence-corrected chi connectivity index (χ1v) is 16.3. The second kappa shape index (κ2) is 9.26. The number of aryl methyl sites for hydroxylation is 4. The van der Waals surface area contributed by atoms with Crippen LogP contribution in [0.4, 0.5) is 0 Å². The predicted molar refractivity (Wildman–Crippen MR) is 122 cm³/mol. The Hall–Kier alpha value is -1.61. The molecule has 0 saturated carbocycles. The molecule has 28 heavy (non-hydrogen) atoms. The summed E-state index contributed by atoms with van der Waals surface area (Å²) >= 11 is 0. The lowest BCUT2D eigenvalue weighted by molar-refractivity contribution is 0.251. The minimum absolute atomic E-state index is 0.356. The van der Waals surface area contributed by atoms with Crippen LogP contribution in [0.2, 0.25) is 38.3 Å². The van der Waals surface area contributed by atoms with Crippen LogP contribution in [-0.2, 0) is 17.4 Å². The summed E-state index contributed by atoms with van der Waals surface area (Å²) in [6.07, 6.45) is 1.96. The van der Waals surface area contributed by atoms with E-state index in [9.17, 15) is 10.2 Å². The van der Waals surface area contributed by atoms with Gasteiger partial charge in [0.1, 0.15) is 19.7 Å². The molecular formula is C22H35NO3Si2. The van der Waals surface area contributed by atoms with Gasteiger partial charge >= 0.3 is 0 Å². The summed E-state index contributed by atoms with van der Waals surface area (Å²) in [5, 5.41) is 22.8. The Morgan fingerprint density at radius 3 is 1.71 bits per heavy atom. The highest BCUT2D eigenvalue weighted by molar-refractivity contribution is 6.76. The normalized spacial score (nSPS) is 12.4. The summed E-state index contributed by atoms with van der Waals surface area (Å²) in [5.74, 6) is 0.716. The average molecular weight is 418 g/mol. The minimum atomic E-state index is -1.82. The van der Waals surface area contributed by atoms with Gasteiger partial charge in [0.25, 0.3) is 0 Å². The first kappa shape index (κ1) is 22.7. The highest BCUT2D eigenvalue weighted by Gasteiger charge is 2.28. The van der Waals surface area contributed by atoms with Gasteiger partial charge in [0.2, 0.25) is 8.32 Å². The van der Waals surface area contributed by atoms with Crippen molar-refractivity contribution in [3.8, 4) is 11.5 Å². The van der Waals surface area contributed by atoms with Crippen molar-refractivity contribution in [3.05, 3.63) is 58.7 Å². The van der Waals surface area contributed by atoms with Gasteiger partial charge in [-0.25, -0.2) is 5.15 Å². The molecule has 0 atom stereocenters. The lowest BCUT2D eigenvalue weighted by Crippen LogP contribution is -2.50. The fraction of sp³-hybridized carbons (Fsp3) is 0.455. The Labute approximate surface area is 171 Å². The molecule has 154 valence electrons. The molecule has 0 aromatic heterocycles. The van der Waals surface area contributed by atoms with Crippen molar-refractivity contribution in [2.45, 2.75) is 65.0 Å². The number of benzene rings is 2. The maximum Gasteiger partial charge on any atom is 0.213 e. The third-order valence-corrected chi connectivity index (χ3v) is 9.65. The largest absolute Gasteiger partial charge is 0.508 e. The van der Waals surface area contributed by atoms with Gasteiger partial charge in [0.15, 0.2) is 0 Å². The van der Waals surface area contributed by atoms with Crippen LogP contribution >= 0.6 is 0 Å². The van der Waals surface area contributed by atoms with Gasteiger partial charge in [-0.1, -0.05) is 37.4 Å². The van der Waals surface area contributed by atoms with Crippen LogP contribution in [0.3, 0.4) is 0 Å². The summed E-state index contributed by atoms with van der Waals surface area (Å²) in [6.45, 7) is 13.0. The van der Waals surface area contributed by atoms with Crippen LogP contribution in [-0.4, -0.2) is 26.8 Å². The lowest BCUT2D eigenvalue weighted by atomic mass is 10.1. The SMILES string of the molecule is Cc1cc(CC[Si](C)(C)NO[Si](C)(C)CCc2ccc(O)c(C)c2)ccc1O. The van der Waals surface area contributed by atoms with Crippen LogP contribution < -0.4 is 5.15 Å². The van der Waals surface area contributed by atoms with E-state index in [-0.39, 0.29) is 0 Å². The second-order valence-corrected chi connectivity index (χ2v) is 17.8. The van der Waals surface area contributed by atoms with Crippen LogP contribution in [0.25, 0.3) is 0 Å². The highest BCUT2D eigenvalue weighted by Crippen LogP contribution is 2.22. The molecule has 0 saturated heterocycles.